The Bertz CT molecular complexity index is 533. The van der Waals surface area contributed by atoms with E-state index in [9.17, 15) is 0 Å². The van der Waals surface area contributed by atoms with Crippen LogP contribution in [0.25, 0.3) is 0 Å². The van der Waals surface area contributed by atoms with Crippen LogP contribution in [0.4, 0.5) is 0 Å². The molecule has 1 aliphatic carbocycles. The number of hydrogen-bond acceptors (Lipinski definition) is 3. The molecule has 0 saturated heterocycles. The van der Waals surface area contributed by atoms with Gasteiger partial charge in [0.15, 0.2) is 6.39 Å². The molecular formula is C16H20N2O. The Labute approximate surface area is 114 Å². The largest absolute Gasteiger partial charge is 0.448 e. The third-order valence-electron chi connectivity index (χ3n) is 3.71. The predicted molar refractivity (Wildman–Crippen MR) is 75.0 cm³/mol. The van der Waals surface area contributed by atoms with Crippen molar-refractivity contribution >= 4 is 0 Å². The molecule has 0 amide bonds. The molecule has 2 aromatic rings. The molecular weight excluding hydrogens is 236 g/mol. The van der Waals surface area contributed by atoms with Crippen molar-refractivity contribution in [1.82, 2.24) is 10.3 Å². The second-order valence-electron chi connectivity index (χ2n) is 5.56. The van der Waals surface area contributed by atoms with Crippen LogP contribution in [0.3, 0.4) is 0 Å². The summed E-state index contributed by atoms with van der Waals surface area (Å²) < 4.78 is 5.62. The number of oxazole rings is 1. The first-order chi connectivity index (χ1) is 9.25. The maximum atomic E-state index is 5.62. The summed E-state index contributed by atoms with van der Waals surface area (Å²) in [6, 6.07) is 11.1. The fourth-order valence-corrected chi connectivity index (χ4v) is 2.57. The number of nitrogens with zero attached hydrogens (tertiary/aromatic N) is 1. The van der Waals surface area contributed by atoms with E-state index >= 15 is 0 Å². The highest BCUT2D eigenvalue weighted by Crippen LogP contribution is 2.55. The minimum Gasteiger partial charge on any atom is -0.448 e. The molecule has 2 atom stereocenters. The standard InChI is InChI=1S/C16H20N2O/c1-11(2)17-9-15-16(19-10-18-15)14-8-13(14)12-6-4-3-5-7-12/h3-7,10-11,13-14,17H,8-9H2,1-2H3. The smallest absolute Gasteiger partial charge is 0.181 e. The maximum absolute atomic E-state index is 5.62. The molecule has 1 aromatic heterocycles. The van der Waals surface area contributed by atoms with Gasteiger partial charge in [-0.1, -0.05) is 44.2 Å². The van der Waals surface area contributed by atoms with E-state index in [4.69, 9.17) is 4.42 Å². The number of nitrogens with one attached hydrogen (secondary N) is 1. The highest BCUT2D eigenvalue weighted by Gasteiger charge is 2.43. The number of hydrogen-bond donors (Lipinski definition) is 1. The molecule has 1 fully saturated rings. The summed E-state index contributed by atoms with van der Waals surface area (Å²) >= 11 is 0. The Morgan fingerprint density at radius 3 is 2.79 bits per heavy atom. The van der Waals surface area contributed by atoms with Crippen LogP contribution in [-0.4, -0.2) is 11.0 Å². The molecule has 3 heteroatoms. The fraction of sp³-hybridized carbons (Fsp3) is 0.438. The molecule has 3 rings (SSSR count). The zero-order valence-corrected chi connectivity index (χ0v) is 11.5. The summed E-state index contributed by atoms with van der Waals surface area (Å²) in [5.41, 5.74) is 2.48. The van der Waals surface area contributed by atoms with Crippen molar-refractivity contribution in [3.05, 3.63) is 53.7 Å². The van der Waals surface area contributed by atoms with Crippen molar-refractivity contribution in [1.29, 1.82) is 0 Å². The zero-order chi connectivity index (χ0) is 13.2. The first-order valence-corrected chi connectivity index (χ1v) is 6.96. The van der Waals surface area contributed by atoms with Crippen LogP contribution >= 0.6 is 0 Å². The van der Waals surface area contributed by atoms with Gasteiger partial charge in [0.1, 0.15) is 5.76 Å². The lowest BCUT2D eigenvalue weighted by Gasteiger charge is -2.06. The van der Waals surface area contributed by atoms with Crippen LogP contribution in [0, 0.1) is 0 Å². The molecule has 0 spiro atoms. The van der Waals surface area contributed by atoms with Gasteiger partial charge in [0.25, 0.3) is 0 Å². The van der Waals surface area contributed by atoms with Crippen molar-refractivity contribution in [2.75, 3.05) is 0 Å². The van der Waals surface area contributed by atoms with Crippen LogP contribution < -0.4 is 5.32 Å². The maximum Gasteiger partial charge on any atom is 0.181 e. The highest BCUT2D eigenvalue weighted by atomic mass is 16.3. The van der Waals surface area contributed by atoms with Gasteiger partial charge in [-0.3, -0.25) is 0 Å². The molecule has 3 nitrogen and oxygen atoms in total. The van der Waals surface area contributed by atoms with Crippen molar-refractivity contribution in [3.63, 3.8) is 0 Å². The lowest BCUT2D eigenvalue weighted by Crippen LogP contribution is -2.22. The predicted octanol–water partition coefficient (Wildman–Crippen LogP) is 3.44. The normalized spacial score (nSPS) is 21.8. The summed E-state index contributed by atoms with van der Waals surface area (Å²) in [5.74, 6) is 2.18. The molecule has 1 heterocycles. The van der Waals surface area contributed by atoms with E-state index in [1.807, 2.05) is 0 Å². The van der Waals surface area contributed by atoms with E-state index < -0.39 is 0 Å². The van der Waals surface area contributed by atoms with Gasteiger partial charge in [0.2, 0.25) is 0 Å². The third-order valence-corrected chi connectivity index (χ3v) is 3.71. The molecule has 1 saturated carbocycles. The Morgan fingerprint density at radius 1 is 1.26 bits per heavy atom. The summed E-state index contributed by atoms with van der Waals surface area (Å²) in [7, 11) is 0. The monoisotopic (exact) mass is 256 g/mol. The molecule has 1 aromatic carbocycles. The zero-order valence-electron chi connectivity index (χ0n) is 11.5. The Hall–Kier alpha value is -1.61. The van der Waals surface area contributed by atoms with Gasteiger partial charge in [-0.05, 0) is 17.9 Å². The van der Waals surface area contributed by atoms with E-state index in [2.05, 4.69) is 54.5 Å². The van der Waals surface area contributed by atoms with Crippen LogP contribution in [0.2, 0.25) is 0 Å². The van der Waals surface area contributed by atoms with Gasteiger partial charge in [0, 0.05) is 18.5 Å². The molecule has 2 unspecified atom stereocenters. The number of aromatic nitrogens is 1. The van der Waals surface area contributed by atoms with Gasteiger partial charge in [0.05, 0.1) is 5.69 Å². The summed E-state index contributed by atoms with van der Waals surface area (Å²) in [6.07, 6.45) is 2.75. The molecule has 100 valence electrons. The molecule has 19 heavy (non-hydrogen) atoms. The average Bonchev–Trinajstić information content (AvgIpc) is 3.08. The first-order valence-electron chi connectivity index (χ1n) is 6.96. The highest BCUT2D eigenvalue weighted by molar-refractivity contribution is 5.33. The topological polar surface area (TPSA) is 38.1 Å². The molecule has 1 N–H and O–H groups in total. The fourth-order valence-electron chi connectivity index (χ4n) is 2.57. The van der Waals surface area contributed by atoms with Gasteiger partial charge >= 0.3 is 0 Å². The first kappa shape index (κ1) is 12.4. The van der Waals surface area contributed by atoms with Gasteiger partial charge in [-0.25, -0.2) is 4.98 Å². The minimum absolute atomic E-state index is 0.466. The van der Waals surface area contributed by atoms with E-state index in [-0.39, 0.29) is 0 Å². The second kappa shape index (κ2) is 5.17. The van der Waals surface area contributed by atoms with Gasteiger partial charge in [-0.15, -0.1) is 0 Å². The minimum atomic E-state index is 0.466. The van der Waals surface area contributed by atoms with Crippen LogP contribution in [0.15, 0.2) is 41.1 Å². The molecule has 0 bridgehead atoms. The molecule has 1 aliphatic rings. The lowest BCUT2D eigenvalue weighted by atomic mass is 10.1. The Kier molecular flexibility index (Phi) is 3.38. The molecule has 0 aliphatic heterocycles. The molecule has 0 radical (unpaired) electrons. The SMILES string of the molecule is CC(C)NCc1ncoc1C1CC1c1ccccc1. The summed E-state index contributed by atoms with van der Waals surface area (Å²) in [4.78, 5) is 4.35. The van der Waals surface area contributed by atoms with Crippen molar-refractivity contribution in [2.24, 2.45) is 0 Å². The van der Waals surface area contributed by atoms with E-state index in [1.165, 1.54) is 12.0 Å². The van der Waals surface area contributed by atoms with E-state index in [1.54, 1.807) is 6.39 Å². The van der Waals surface area contributed by atoms with Crippen molar-refractivity contribution < 1.29 is 4.42 Å². The third kappa shape index (κ3) is 2.71. The lowest BCUT2D eigenvalue weighted by molar-refractivity contribution is 0.495. The number of rotatable bonds is 5. The second-order valence-corrected chi connectivity index (χ2v) is 5.56. The van der Waals surface area contributed by atoms with Crippen LogP contribution in [-0.2, 0) is 6.54 Å². The Balaban J connectivity index is 1.70. The van der Waals surface area contributed by atoms with E-state index in [0.717, 1.165) is 18.0 Å². The van der Waals surface area contributed by atoms with Crippen molar-refractivity contribution in [2.45, 2.75) is 44.7 Å². The van der Waals surface area contributed by atoms with Gasteiger partial charge < -0.3 is 9.73 Å². The average molecular weight is 256 g/mol. The van der Waals surface area contributed by atoms with E-state index in [0.29, 0.717) is 17.9 Å². The van der Waals surface area contributed by atoms with Crippen LogP contribution in [0.5, 0.6) is 0 Å². The van der Waals surface area contributed by atoms with Crippen molar-refractivity contribution in [3.8, 4) is 0 Å². The quantitative estimate of drug-likeness (QED) is 0.890. The van der Waals surface area contributed by atoms with Gasteiger partial charge in [-0.2, -0.15) is 0 Å². The summed E-state index contributed by atoms with van der Waals surface area (Å²) in [5, 5.41) is 3.40. The van der Waals surface area contributed by atoms with Crippen LogP contribution in [0.1, 0.15) is 49.1 Å². The summed E-state index contributed by atoms with van der Waals surface area (Å²) in [6.45, 7) is 5.08. The number of benzene rings is 1. The Morgan fingerprint density at radius 2 is 2.05 bits per heavy atom.